The molecule has 0 spiro atoms. The van der Waals surface area contributed by atoms with Crippen molar-refractivity contribution in [3.63, 3.8) is 0 Å². The number of hydrazone groups is 1. The first-order valence-electron chi connectivity index (χ1n) is 9.61. The number of anilines is 1. The van der Waals surface area contributed by atoms with Crippen molar-refractivity contribution in [3.8, 4) is 0 Å². The van der Waals surface area contributed by atoms with Crippen molar-refractivity contribution in [2.24, 2.45) is 5.10 Å². The van der Waals surface area contributed by atoms with Crippen LogP contribution in [0, 0.1) is 6.92 Å². The Morgan fingerprint density at radius 1 is 1.06 bits per heavy atom. The molecule has 6 nitrogen and oxygen atoms in total. The third-order valence-corrected chi connectivity index (χ3v) is 7.81. The molecule has 1 N–H and O–H groups in total. The summed E-state index contributed by atoms with van der Waals surface area (Å²) in [5.74, 6) is -0.557. The average molecular weight is 532 g/mol. The van der Waals surface area contributed by atoms with Crippen LogP contribution >= 0.6 is 27.7 Å². The highest BCUT2D eigenvalue weighted by Crippen LogP contribution is 2.25. The summed E-state index contributed by atoms with van der Waals surface area (Å²) in [5, 5.41) is 3.96. The monoisotopic (exact) mass is 531 g/mol. The van der Waals surface area contributed by atoms with Gasteiger partial charge in [-0.25, -0.2) is 13.8 Å². The van der Waals surface area contributed by atoms with Crippen LogP contribution in [0.2, 0.25) is 0 Å². The Labute approximate surface area is 200 Å². The van der Waals surface area contributed by atoms with Gasteiger partial charge in [0.1, 0.15) is 6.54 Å². The van der Waals surface area contributed by atoms with E-state index in [0.717, 1.165) is 24.8 Å². The summed E-state index contributed by atoms with van der Waals surface area (Å²) >= 11 is 4.93. The van der Waals surface area contributed by atoms with Crippen LogP contribution in [-0.2, 0) is 14.8 Å². The molecular weight excluding hydrogens is 510 g/mol. The number of benzene rings is 3. The molecule has 0 aliphatic rings. The second kappa shape index (κ2) is 10.8. The van der Waals surface area contributed by atoms with Gasteiger partial charge in [-0.15, -0.1) is 11.8 Å². The molecule has 0 aromatic heterocycles. The molecule has 0 saturated carbocycles. The lowest BCUT2D eigenvalue weighted by atomic mass is 10.2. The van der Waals surface area contributed by atoms with E-state index in [1.54, 1.807) is 48.5 Å². The predicted octanol–water partition coefficient (Wildman–Crippen LogP) is 4.83. The number of nitrogens with zero attached hydrogens (tertiary/aromatic N) is 2. The van der Waals surface area contributed by atoms with E-state index in [9.17, 15) is 13.2 Å². The average Bonchev–Trinajstić information content (AvgIpc) is 2.79. The summed E-state index contributed by atoms with van der Waals surface area (Å²) < 4.78 is 28.7. The molecule has 166 valence electrons. The molecular formula is C23H22BrN3O3S2. The molecule has 0 radical (unpaired) electrons. The normalized spacial score (nSPS) is 11.5. The Balaban J connectivity index is 1.85. The fraction of sp³-hybridized carbons (Fsp3) is 0.130. The summed E-state index contributed by atoms with van der Waals surface area (Å²) in [6, 6.07) is 21.0. The minimum Gasteiger partial charge on any atom is -0.271 e. The van der Waals surface area contributed by atoms with Gasteiger partial charge in [0.2, 0.25) is 0 Å². The van der Waals surface area contributed by atoms with E-state index in [0.29, 0.717) is 5.69 Å². The zero-order valence-corrected chi connectivity index (χ0v) is 20.7. The number of rotatable bonds is 8. The Morgan fingerprint density at radius 3 is 2.34 bits per heavy atom. The lowest BCUT2D eigenvalue weighted by Gasteiger charge is -2.24. The molecule has 9 heteroatoms. The first-order chi connectivity index (χ1) is 15.3. The van der Waals surface area contributed by atoms with E-state index in [2.05, 4.69) is 26.5 Å². The summed E-state index contributed by atoms with van der Waals surface area (Å²) in [4.78, 5) is 13.7. The van der Waals surface area contributed by atoms with E-state index < -0.39 is 22.5 Å². The number of sulfonamides is 1. The molecule has 3 aromatic carbocycles. The molecule has 3 rings (SSSR count). The van der Waals surface area contributed by atoms with Crippen molar-refractivity contribution in [3.05, 3.63) is 88.4 Å². The molecule has 32 heavy (non-hydrogen) atoms. The maximum absolute atomic E-state index is 13.4. The highest BCUT2D eigenvalue weighted by atomic mass is 79.9. The second-order valence-corrected chi connectivity index (χ2v) is 10.4. The SMILES string of the molecule is CSc1ccc(S(=O)(=O)N(CC(=O)N/N=C\c2ccccc2Br)c2ccc(C)cc2)cc1. The number of carbonyl (C=O) groups excluding carboxylic acids is 1. The van der Waals surface area contributed by atoms with Crippen LogP contribution in [0.4, 0.5) is 5.69 Å². The van der Waals surface area contributed by atoms with Gasteiger partial charge in [0.05, 0.1) is 16.8 Å². The fourth-order valence-corrected chi connectivity index (χ4v) is 5.04. The van der Waals surface area contributed by atoms with Gasteiger partial charge in [0.25, 0.3) is 15.9 Å². The summed E-state index contributed by atoms with van der Waals surface area (Å²) in [7, 11) is -3.97. The summed E-state index contributed by atoms with van der Waals surface area (Å²) in [5.41, 5.74) is 4.58. The van der Waals surface area contributed by atoms with Gasteiger partial charge in [-0.3, -0.25) is 9.10 Å². The van der Waals surface area contributed by atoms with Crippen LogP contribution in [0.25, 0.3) is 0 Å². The summed E-state index contributed by atoms with van der Waals surface area (Å²) in [6.07, 6.45) is 3.41. The lowest BCUT2D eigenvalue weighted by molar-refractivity contribution is -0.119. The Morgan fingerprint density at radius 2 is 1.72 bits per heavy atom. The van der Waals surface area contributed by atoms with Crippen molar-refractivity contribution in [2.45, 2.75) is 16.7 Å². The number of nitrogens with one attached hydrogen (secondary N) is 1. The molecule has 1 amide bonds. The van der Waals surface area contributed by atoms with E-state index in [4.69, 9.17) is 0 Å². The van der Waals surface area contributed by atoms with Crippen LogP contribution in [0.3, 0.4) is 0 Å². The number of halogens is 1. The van der Waals surface area contributed by atoms with Gasteiger partial charge in [-0.1, -0.05) is 51.8 Å². The van der Waals surface area contributed by atoms with Gasteiger partial charge < -0.3 is 0 Å². The van der Waals surface area contributed by atoms with E-state index in [1.165, 1.54) is 18.0 Å². The molecule has 0 saturated heterocycles. The molecule has 0 fully saturated rings. The van der Waals surface area contributed by atoms with Gasteiger partial charge >= 0.3 is 0 Å². The first kappa shape index (κ1) is 24.0. The fourth-order valence-electron chi connectivity index (χ4n) is 2.82. The summed E-state index contributed by atoms with van der Waals surface area (Å²) in [6.45, 7) is 1.50. The number of hydrogen-bond donors (Lipinski definition) is 1. The molecule has 0 bridgehead atoms. The number of amides is 1. The Kier molecular flexibility index (Phi) is 8.11. The van der Waals surface area contributed by atoms with Gasteiger partial charge in [-0.05, 0) is 55.6 Å². The zero-order chi connectivity index (χ0) is 23.1. The molecule has 0 atom stereocenters. The maximum Gasteiger partial charge on any atom is 0.264 e. The lowest BCUT2D eigenvalue weighted by Crippen LogP contribution is -2.39. The van der Waals surface area contributed by atoms with Crippen molar-refractivity contribution in [1.29, 1.82) is 0 Å². The molecule has 0 aliphatic carbocycles. The minimum atomic E-state index is -3.97. The third-order valence-electron chi connectivity index (χ3n) is 4.55. The van der Waals surface area contributed by atoms with Crippen molar-refractivity contribution < 1.29 is 13.2 Å². The quantitative estimate of drug-likeness (QED) is 0.256. The molecule has 3 aromatic rings. The van der Waals surface area contributed by atoms with Crippen molar-refractivity contribution in [2.75, 3.05) is 17.1 Å². The number of aryl methyl sites for hydroxylation is 1. The van der Waals surface area contributed by atoms with Gasteiger partial charge in [0.15, 0.2) is 0 Å². The topological polar surface area (TPSA) is 78.8 Å². The van der Waals surface area contributed by atoms with E-state index in [1.807, 2.05) is 37.4 Å². The standard InChI is InChI=1S/C23H22BrN3O3S2/c1-17-7-9-19(10-8-17)27(32(29,30)21-13-11-20(31-2)12-14-21)16-23(28)26-25-15-18-5-3-4-6-22(18)24/h3-15H,16H2,1-2H3,(H,26,28)/b25-15-. The largest absolute Gasteiger partial charge is 0.271 e. The van der Waals surface area contributed by atoms with Crippen molar-refractivity contribution in [1.82, 2.24) is 5.43 Å². The molecule has 0 aliphatic heterocycles. The van der Waals surface area contributed by atoms with Crippen LogP contribution in [0.5, 0.6) is 0 Å². The van der Waals surface area contributed by atoms with Crippen LogP contribution in [0.15, 0.2) is 92.2 Å². The van der Waals surface area contributed by atoms with Crippen molar-refractivity contribution >= 4 is 55.5 Å². The van der Waals surface area contributed by atoms with Gasteiger partial charge in [-0.2, -0.15) is 5.10 Å². The van der Waals surface area contributed by atoms with Crippen LogP contribution in [0.1, 0.15) is 11.1 Å². The minimum absolute atomic E-state index is 0.111. The van der Waals surface area contributed by atoms with Gasteiger partial charge in [0, 0.05) is 14.9 Å². The number of thioether (sulfide) groups is 1. The number of hydrogen-bond acceptors (Lipinski definition) is 5. The third kappa shape index (κ3) is 5.99. The van der Waals surface area contributed by atoms with Crippen LogP contribution < -0.4 is 9.73 Å². The first-order valence-corrected chi connectivity index (χ1v) is 13.1. The Bertz CT molecular complexity index is 1210. The highest BCUT2D eigenvalue weighted by Gasteiger charge is 2.27. The van der Waals surface area contributed by atoms with E-state index in [-0.39, 0.29) is 4.90 Å². The maximum atomic E-state index is 13.4. The predicted molar refractivity (Wildman–Crippen MR) is 134 cm³/mol. The smallest absolute Gasteiger partial charge is 0.264 e. The van der Waals surface area contributed by atoms with E-state index >= 15 is 0 Å². The van der Waals surface area contributed by atoms with Crippen LogP contribution in [-0.4, -0.2) is 33.3 Å². The molecule has 0 heterocycles. The zero-order valence-electron chi connectivity index (χ0n) is 17.5. The molecule has 0 unspecified atom stereocenters. The Hall–Kier alpha value is -2.62. The highest BCUT2D eigenvalue weighted by molar-refractivity contribution is 9.10. The second-order valence-electron chi connectivity index (χ2n) is 6.84. The number of carbonyl (C=O) groups is 1.